The molecule has 2 aromatic carbocycles. The molecule has 4 heteroatoms. The average molecular weight is 266 g/mol. The predicted molar refractivity (Wildman–Crippen MR) is 71.6 cm³/mol. The molecule has 0 saturated carbocycles. The van der Waals surface area contributed by atoms with E-state index in [0.717, 1.165) is 11.3 Å². The summed E-state index contributed by atoms with van der Waals surface area (Å²) in [5, 5.41) is 12.7. The monoisotopic (exact) mass is 265 g/mol. The zero-order valence-electron chi connectivity index (χ0n) is 9.82. The van der Waals surface area contributed by atoms with Crippen molar-refractivity contribution in [1.82, 2.24) is 0 Å². The van der Waals surface area contributed by atoms with Crippen LogP contribution >= 0.6 is 11.6 Å². The van der Waals surface area contributed by atoms with Crippen molar-refractivity contribution in [1.29, 1.82) is 0 Å². The Labute approximate surface area is 110 Å². The Balaban J connectivity index is 2.16. The molecule has 1 atom stereocenters. The summed E-state index contributed by atoms with van der Waals surface area (Å²) in [6, 6.07) is 11.4. The van der Waals surface area contributed by atoms with Crippen molar-refractivity contribution in [3.63, 3.8) is 0 Å². The van der Waals surface area contributed by atoms with Crippen molar-refractivity contribution in [3.05, 3.63) is 58.9 Å². The minimum atomic E-state index is -0.426. The summed E-state index contributed by atoms with van der Waals surface area (Å²) in [4.78, 5) is 0. The zero-order chi connectivity index (χ0) is 13.1. The van der Waals surface area contributed by atoms with Gasteiger partial charge in [-0.25, -0.2) is 4.39 Å². The molecule has 18 heavy (non-hydrogen) atoms. The molecule has 1 unspecified atom stereocenters. The first kappa shape index (κ1) is 12.7. The van der Waals surface area contributed by atoms with Crippen LogP contribution in [0.15, 0.2) is 42.5 Å². The molecule has 0 aromatic heterocycles. The maximum Gasteiger partial charge on any atom is 0.141 e. The summed E-state index contributed by atoms with van der Waals surface area (Å²) in [7, 11) is 0. The Bertz CT molecular complexity index is 559. The van der Waals surface area contributed by atoms with Gasteiger partial charge in [0.1, 0.15) is 11.6 Å². The van der Waals surface area contributed by atoms with Crippen LogP contribution in [0.3, 0.4) is 0 Å². The van der Waals surface area contributed by atoms with E-state index in [1.54, 1.807) is 30.3 Å². The average Bonchev–Trinajstić information content (AvgIpc) is 2.32. The lowest BCUT2D eigenvalue weighted by Gasteiger charge is -2.16. The Morgan fingerprint density at radius 3 is 2.67 bits per heavy atom. The molecular weight excluding hydrogens is 253 g/mol. The molecular formula is C14H13ClFNO. The van der Waals surface area contributed by atoms with E-state index >= 15 is 0 Å². The van der Waals surface area contributed by atoms with Crippen molar-refractivity contribution in [2.75, 3.05) is 5.32 Å². The fourth-order valence-corrected chi connectivity index (χ4v) is 1.90. The molecule has 0 spiro atoms. The van der Waals surface area contributed by atoms with Crippen LogP contribution in [-0.2, 0) is 0 Å². The van der Waals surface area contributed by atoms with Crippen LogP contribution in [-0.4, -0.2) is 5.11 Å². The summed E-state index contributed by atoms with van der Waals surface area (Å²) in [5.41, 5.74) is 1.67. The number of aromatic hydroxyl groups is 1. The number of hydrogen-bond donors (Lipinski definition) is 2. The van der Waals surface area contributed by atoms with Gasteiger partial charge in [0.25, 0.3) is 0 Å². The molecule has 0 saturated heterocycles. The minimum absolute atomic E-state index is 0.0371. The number of anilines is 1. The highest BCUT2D eigenvalue weighted by Crippen LogP contribution is 2.25. The number of nitrogens with one attached hydrogen (secondary N) is 1. The Kier molecular flexibility index (Phi) is 3.72. The van der Waals surface area contributed by atoms with Crippen LogP contribution in [0, 0.1) is 5.82 Å². The van der Waals surface area contributed by atoms with Gasteiger partial charge in [0.2, 0.25) is 0 Å². The van der Waals surface area contributed by atoms with E-state index in [2.05, 4.69) is 5.32 Å². The molecule has 2 nitrogen and oxygen atoms in total. The smallest absolute Gasteiger partial charge is 0.141 e. The SMILES string of the molecule is CC(Nc1cccc(O)c1)c1ccc(F)c(Cl)c1. The lowest BCUT2D eigenvalue weighted by Crippen LogP contribution is -2.06. The van der Waals surface area contributed by atoms with Crippen molar-refractivity contribution < 1.29 is 9.50 Å². The maximum atomic E-state index is 13.1. The second-order valence-electron chi connectivity index (χ2n) is 4.09. The van der Waals surface area contributed by atoms with E-state index in [1.807, 2.05) is 13.0 Å². The van der Waals surface area contributed by atoms with E-state index in [4.69, 9.17) is 11.6 Å². The second kappa shape index (κ2) is 5.27. The molecule has 0 heterocycles. The molecule has 0 aliphatic heterocycles. The number of rotatable bonds is 3. The van der Waals surface area contributed by atoms with Gasteiger partial charge in [0.15, 0.2) is 0 Å². The highest BCUT2D eigenvalue weighted by atomic mass is 35.5. The lowest BCUT2D eigenvalue weighted by molar-refractivity contribution is 0.475. The van der Waals surface area contributed by atoms with Crippen molar-refractivity contribution in [2.45, 2.75) is 13.0 Å². The number of halogens is 2. The van der Waals surface area contributed by atoms with Gasteiger partial charge in [0, 0.05) is 17.8 Å². The number of hydrogen-bond acceptors (Lipinski definition) is 2. The molecule has 0 bridgehead atoms. The van der Waals surface area contributed by atoms with Crippen molar-refractivity contribution in [2.24, 2.45) is 0 Å². The van der Waals surface area contributed by atoms with Gasteiger partial charge in [-0.1, -0.05) is 23.7 Å². The highest BCUT2D eigenvalue weighted by molar-refractivity contribution is 6.30. The molecule has 2 N–H and O–H groups in total. The zero-order valence-corrected chi connectivity index (χ0v) is 10.6. The maximum absolute atomic E-state index is 13.1. The van der Waals surface area contributed by atoms with E-state index in [0.29, 0.717) is 0 Å². The highest BCUT2D eigenvalue weighted by Gasteiger charge is 2.08. The Morgan fingerprint density at radius 2 is 2.00 bits per heavy atom. The molecule has 2 rings (SSSR count). The molecule has 0 aliphatic carbocycles. The third-order valence-electron chi connectivity index (χ3n) is 2.67. The standard InChI is InChI=1S/C14H13ClFNO/c1-9(10-5-6-14(16)13(15)7-10)17-11-3-2-4-12(18)8-11/h2-9,17-18H,1H3. The molecule has 0 aliphatic rings. The molecule has 0 amide bonds. The van der Waals surface area contributed by atoms with E-state index in [1.165, 1.54) is 6.07 Å². The number of phenols is 1. The van der Waals surface area contributed by atoms with E-state index in [-0.39, 0.29) is 16.8 Å². The van der Waals surface area contributed by atoms with Gasteiger partial charge in [-0.15, -0.1) is 0 Å². The summed E-state index contributed by atoms with van der Waals surface area (Å²) in [6.07, 6.45) is 0. The summed E-state index contributed by atoms with van der Waals surface area (Å²) >= 11 is 5.74. The third kappa shape index (κ3) is 2.93. The molecule has 94 valence electrons. The van der Waals surface area contributed by atoms with Crippen LogP contribution in [0.5, 0.6) is 5.75 Å². The van der Waals surface area contributed by atoms with Crippen LogP contribution in [0.4, 0.5) is 10.1 Å². The first-order valence-electron chi connectivity index (χ1n) is 5.57. The lowest BCUT2D eigenvalue weighted by atomic mass is 10.1. The third-order valence-corrected chi connectivity index (χ3v) is 2.96. The van der Waals surface area contributed by atoms with Crippen molar-refractivity contribution >= 4 is 17.3 Å². The van der Waals surface area contributed by atoms with Gasteiger partial charge in [-0.05, 0) is 36.8 Å². The predicted octanol–water partition coefficient (Wildman–Crippen LogP) is 4.36. The second-order valence-corrected chi connectivity index (χ2v) is 4.50. The fraction of sp³-hybridized carbons (Fsp3) is 0.143. The molecule has 0 radical (unpaired) electrons. The fourth-order valence-electron chi connectivity index (χ4n) is 1.71. The van der Waals surface area contributed by atoms with Gasteiger partial charge < -0.3 is 10.4 Å². The summed E-state index contributed by atoms with van der Waals surface area (Å²) in [5.74, 6) is -0.227. The number of phenolic OH excluding ortho intramolecular Hbond substituents is 1. The normalized spacial score (nSPS) is 12.2. The van der Waals surface area contributed by atoms with Crippen LogP contribution < -0.4 is 5.32 Å². The van der Waals surface area contributed by atoms with Gasteiger partial charge in [0.05, 0.1) is 5.02 Å². The summed E-state index contributed by atoms with van der Waals surface area (Å²) < 4.78 is 13.1. The van der Waals surface area contributed by atoms with E-state index < -0.39 is 5.82 Å². The first-order valence-corrected chi connectivity index (χ1v) is 5.94. The van der Waals surface area contributed by atoms with E-state index in [9.17, 15) is 9.50 Å². The van der Waals surface area contributed by atoms with Gasteiger partial charge >= 0.3 is 0 Å². The number of benzene rings is 2. The largest absolute Gasteiger partial charge is 0.508 e. The van der Waals surface area contributed by atoms with Crippen LogP contribution in [0.1, 0.15) is 18.5 Å². The van der Waals surface area contributed by atoms with Crippen LogP contribution in [0.2, 0.25) is 5.02 Å². The summed E-state index contributed by atoms with van der Waals surface area (Å²) in [6.45, 7) is 1.94. The molecule has 0 fully saturated rings. The Hall–Kier alpha value is -1.74. The minimum Gasteiger partial charge on any atom is -0.508 e. The van der Waals surface area contributed by atoms with Gasteiger partial charge in [-0.3, -0.25) is 0 Å². The van der Waals surface area contributed by atoms with Gasteiger partial charge in [-0.2, -0.15) is 0 Å². The quantitative estimate of drug-likeness (QED) is 0.864. The Morgan fingerprint density at radius 1 is 1.22 bits per heavy atom. The first-order chi connectivity index (χ1) is 8.56. The van der Waals surface area contributed by atoms with Crippen LogP contribution in [0.25, 0.3) is 0 Å². The van der Waals surface area contributed by atoms with Crippen molar-refractivity contribution in [3.8, 4) is 5.75 Å². The molecule has 2 aromatic rings. The topological polar surface area (TPSA) is 32.3 Å².